The molecule has 1 fully saturated rings. The maximum absolute atomic E-state index is 14.7. The second-order valence-corrected chi connectivity index (χ2v) is 6.32. The summed E-state index contributed by atoms with van der Waals surface area (Å²) >= 11 is 0. The fraction of sp³-hybridized carbons (Fsp3) is 0.300. The summed E-state index contributed by atoms with van der Waals surface area (Å²) in [7, 11) is 0. The highest BCUT2D eigenvalue weighted by atomic mass is 19.2. The molecule has 0 unspecified atom stereocenters. The molecule has 1 aliphatic heterocycles. The molecule has 2 aromatic carbocycles. The number of anilines is 1. The van der Waals surface area contributed by atoms with Gasteiger partial charge in [-0.15, -0.1) is 5.12 Å². The average Bonchev–Trinajstić information content (AvgIpc) is 2.74. The Balaban J connectivity index is 1.66. The van der Waals surface area contributed by atoms with E-state index in [1.807, 2.05) is 0 Å². The van der Waals surface area contributed by atoms with Gasteiger partial charge < -0.3 is 10.1 Å². The van der Waals surface area contributed by atoms with E-state index in [-0.39, 0.29) is 21.9 Å². The van der Waals surface area contributed by atoms with Crippen LogP contribution in [0, 0.1) is 5.82 Å². The van der Waals surface area contributed by atoms with Crippen LogP contribution in [0.1, 0.15) is 20.7 Å². The Hall–Kier alpha value is -2.84. The van der Waals surface area contributed by atoms with Gasteiger partial charge in [-0.05, 0) is 36.4 Å². The molecular weight excluding hydrogens is 368 g/mol. The first-order valence-electron chi connectivity index (χ1n) is 8.99. The number of halogens is 2. The Labute approximate surface area is 161 Å². The van der Waals surface area contributed by atoms with E-state index in [0.29, 0.717) is 26.3 Å². The summed E-state index contributed by atoms with van der Waals surface area (Å²) in [5.41, 5.74) is -0.144. The zero-order chi connectivity index (χ0) is 19.9. The van der Waals surface area contributed by atoms with Crippen molar-refractivity contribution in [3.05, 3.63) is 65.5 Å². The number of carbonyl (C=O) groups is 2. The third-order valence-electron chi connectivity index (χ3n) is 4.45. The van der Waals surface area contributed by atoms with Gasteiger partial charge in [0.2, 0.25) is 0 Å². The van der Waals surface area contributed by atoms with Crippen LogP contribution in [0.25, 0.3) is 0 Å². The molecule has 2 aromatic rings. The average molecular weight is 389 g/mol. The number of nitrogens with zero attached hydrogens (tertiary/aromatic N) is 2. The summed E-state index contributed by atoms with van der Waals surface area (Å²) in [6.07, 6.45) is 0. The second-order valence-electron chi connectivity index (χ2n) is 6.32. The SMILES string of the molecule is O=C(NCCN1CCOCC1)c1ccccc1N(F)C(=O)c1ccc(F)cc1. The summed E-state index contributed by atoms with van der Waals surface area (Å²) < 4.78 is 33.0. The van der Waals surface area contributed by atoms with Gasteiger partial charge in [-0.2, -0.15) is 0 Å². The van der Waals surface area contributed by atoms with Gasteiger partial charge >= 0.3 is 0 Å². The van der Waals surface area contributed by atoms with Gasteiger partial charge in [0.25, 0.3) is 11.8 Å². The van der Waals surface area contributed by atoms with Crippen molar-refractivity contribution in [3.8, 4) is 0 Å². The monoisotopic (exact) mass is 389 g/mol. The van der Waals surface area contributed by atoms with Crippen LogP contribution < -0.4 is 10.4 Å². The van der Waals surface area contributed by atoms with Crippen LogP contribution in [0.2, 0.25) is 0 Å². The van der Waals surface area contributed by atoms with Gasteiger partial charge in [0, 0.05) is 31.7 Å². The van der Waals surface area contributed by atoms with Crippen molar-refractivity contribution in [1.82, 2.24) is 10.2 Å². The Morgan fingerprint density at radius 2 is 1.75 bits per heavy atom. The van der Waals surface area contributed by atoms with Crippen molar-refractivity contribution < 1.29 is 23.2 Å². The third-order valence-corrected chi connectivity index (χ3v) is 4.45. The minimum absolute atomic E-state index is 0.0218. The second kappa shape index (κ2) is 9.38. The van der Waals surface area contributed by atoms with E-state index in [9.17, 15) is 18.5 Å². The molecule has 0 bridgehead atoms. The molecule has 148 valence electrons. The first-order valence-corrected chi connectivity index (χ1v) is 8.99. The molecule has 6 nitrogen and oxygen atoms in total. The fourth-order valence-corrected chi connectivity index (χ4v) is 2.90. The Morgan fingerprint density at radius 3 is 2.46 bits per heavy atom. The zero-order valence-corrected chi connectivity index (χ0v) is 15.2. The molecule has 0 aliphatic carbocycles. The molecular formula is C20H21F2N3O3. The van der Waals surface area contributed by atoms with Gasteiger partial charge in [0.15, 0.2) is 0 Å². The van der Waals surface area contributed by atoms with E-state index >= 15 is 0 Å². The summed E-state index contributed by atoms with van der Waals surface area (Å²) in [5, 5.41) is 2.66. The Kier molecular flexibility index (Phi) is 6.67. The first kappa shape index (κ1) is 19.9. The number of morpholine rings is 1. The van der Waals surface area contributed by atoms with Crippen molar-refractivity contribution in [2.75, 3.05) is 44.5 Å². The van der Waals surface area contributed by atoms with Gasteiger partial charge in [0.05, 0.1) is 24.5 Å². The number of para-hydroxylation sites is 1. The molecule has 28 heavy (non-hydrogen) atoms. The molecule has 0 radical (unpaired) electrons. The number of amides is 2. The van der Waals surface area contributed by atoms with E-state index in [1.165, 1.54) is 30.3 Å². The van der Waals surface area contributed by atoms with Crippen molar-refractivity contribution in [3.63, 3.8) is 0 Å². The summed E-state index contributed by atoms with van der Waals surface area (Å²) in [6, 6.07) is 10.4. The van der Waals surface area contributed by atoms with Crippen molar-refractivity contribution >= 4 is 17.5 Å². The fourth-order valence-electron chi connectivity index (χ4n) is 2.90. The molecule has 1 heterocycles. The van der Waals surface area contributed by atoms with Crippen LogP contribution in [0.4, 0.5) is 14.6 Å². The number of nitrogens with one attached hydrogen (secondary N) is 1. The predicted molar refractivity (Wildman–Crippen MR) is 100 cm³/mol. The number of ether oxygens (including phenoxy) is 1. The number of hydrogen-bond acceptors (Lipinski definition) is 4. The van der Waals surface area contributed by atoms with Crippen molar-refractivity contribution in [2.24, 2.45) is 0 Å². The van der Waals surface area contributed by atoms with Crippen LogP contribution >= 0.6 is 0 Å². The zero-order valence-electron chi connectivity index (χ0n) is 15.2. The number of benzene rings is 2. The van der Waals surface area contributed by atoms with Gasteiger partial charge in [-0.1, -0.05) is 16.6 Å². The van der Waals surface area contributed by atoms with Gasteiger partial charge in [-0.25, -0.2) is 4.39 Å². The molecule has 1 saturated heterocycles. The molecule has 1 N–H and O–H groups in total. The molecule has 2 amide bonds. The minimum Gasteiger partial charge on any atom is -0.379 e. The highest BCUT2D eigenvalue weighted by Crippen LogP contribution is 2.23. The topological polar surface area (TPSA) is 61.9 Å². The van der Waals surface area contributed by atoms with Gasteiger partial charge in [-0.3, -0.25) is 14.5 Å². The third kappa shape index (κ3) is 4.90. The molecule has 0 saturated carbocycles. The molecule has 0 aromatic heterocycles. The number of rotatable bonds is 6. The van der Waals surface area contributed by atoms with E-state index in [2.05, 4.69) is 10.2 Å². The Morgan fingerprint density at radius 1 is 1.07 bits per heavy atom. The maximum Gasteiger partial charge on any atom is 0.286 e. The Bertz CT molecular complexity index is 824. The lowest BCUT2D eigenvalue weighted by atomic mass is 10.1. The highest BCUT2D eigenvalue weighted by molar-refractivity contribution is 6.09. The van der Waals surface area contributed by atoms with E-state index in [4.69, 9.17) is 4.74 Å². The molecule has 8 heteroatoms. The maximum atomic E-state index is 14.7. The summed E-state index contributed by atoms with van der Waals surface area (Å²) in [5.74, 6) is -1.98. The van der Waals surface area contributed by atoms with Crippen molar-refractivity contribution in [2.45, 2.75) is 0 Å². The predicted octanol–water partition coefficient (Wildman–Crippen LogP) is 2.42. The highest BCUT2D eigenvalue weighted by Gasteiger charge is 2.23. The lowest BCUT2D eigenvalue weighted by Gasteiger charge is -2.26. The van der Waals surface area contributed by atoms with Crippen LogP contribution in [-0.2, 0) is 4.74 Å². The largest absolute Gasteiger partial charge is 0.379 e. The summed E-state index contributed by atoms with van der Waals surface area (Å²) in [6.45, 7) is 3.99. The van der Waals surface area contributed by atoms with E-state index in [0.717, 1.165) is 25.2 Å². The number of carbonyl (C=O) groups excluding carboxylic acids is 2. The van der Waals surface area contributed by atoms with E-state index < -0.39 is 17.6 Å². The normalized spacial score (nSPS) is 14.5. The standard InChI is InChI=1S/C20H21F2N3O3/c21-16-7-5-15(6-8-16)20(27)25(22)18-4-2-1-3-17(18)19(26)23-9-10-24-11-13-28-14-12-24/h1-8H,9-14H2,(H,23,26). The summed E-state index contributed by atoms with van der Waals surface area (Å²) in [4.78, 5) is 27.0. The lowest BCUT2D eigenvalue weighted by Crippen LogP contribution is -2.41. The van der Waals surface area contributed by atoms with Crippen LogP contribution in [0.3, 0.4) is 0 Å². The molecule has 1 aliphatic rings. The van der Waals surface area contributed by atoms with Crippen LogP contribution in [0.15, 0.2) is 48.5 Å². The van der Waals surface area contributed by atoms with Gasteiger partial charge in [0.1, 0.15) is 5.82 Å². The lowest BCUT2D eigenvalue weighted by molar-refractivity contribution is 0.0383. The first-order chi connectivity index (χ1) is 13.6. The number of hydrogen-bond donors (Lipinski definition) is 1. The molecule has 3 rings (SSSR count). The quantitative estimate of drug-likeness (QED) is 0.771. The molecule has 0 spiro atoms. The van der Waals surface area contributed by atoms with Crippen molar-refractivity contribution in [1.29, 1.82) is 0 Å². The molecule has 0 atom stereocenters. The van der Waals surface area contributed by atoms with Crippen LogP contribution in [-0.4, -0.2) is 56.1 Å². The van der Waals surface area contributed by atoms with Crippen LogP contribution in [0.5, 0.6) is 0 Å². The van der Waals surface area contributed by atoms with E-state index in [1.54, 1.807) is 6.07 Å². The minimum atomic E-state index is -0.978. The smallest absolute Gasteiger partial charge is 0.286 e.